The van der Waals surface area contributed by atoms with Crippen molar-refractivity contribution in [3.05, 3.63) is 41.0 Å². The molecule has 1 N–H and O–H groups in total. The number of nitrogens with one attached hydrogen (secondary N) is 1. The van der Waals surface area contributed by atoms with Crippen LogP contribution in [0.4, 0.5) is 13.2 Å². The van der Waals surface area contributed by atoms with Crippen molar-refractivity contribution in [2.24, 2.45) is 12.1 Å². The highest BCUT2D eigenvalue weighted by molar-refractivity contribution is 5.95. The standard InChI is InChI=1S/C15H15F3N4O3/c1-8-10(13(16)22(2)21-8)7-19-20-14(23)9-4-5-11(25-15(17)18)12(6-9)24-3/h4-7,15H,1-3H3,(H,20,23). The lowest BCUT2D eigenvalue weighted by atomic mass is 10.2. The van der Waals surface area contributed by atoms with Crippen LogP contribution in [0.15, 0.2) is 23.3 Å². The van der Waals surface area contributed by atoms with E-state index in [9.17, 15) is 18.0 Å². The van der Waals surface area contributed by atoms with Gasteiger partial charge in [-0.1, -0.05) is 0 Å². The molecule has 0 fully saturated rings. The fourth-order valence-corrected chi connectivity index (χ4v) is 2.02. The van der Waals surface area contributed by atoms with Crippen LogP contribution in [0.2, 0.25) is 0 Å². The van der Waals surface area contributed by atoms with Crippen LogP contribution in [0.1, 0.15) is 21.6 Å². The van der Waals surface area contributed by atoms with Gasteiger partial charge in [-0.3, -0.25) is 4.79 Å². The summed E-state index contributed by atoms with van der Waals surface area (Å²) in [5.74, 6) is -1.47. The van der Waals surface area contributed by atoms with Gasteiger partial charge in [0, 0.05) is 12.6 Å². The number of amides is 1. The van der Waals surface area contributed by atoms with Gasteiger partial charge in [-0.25, -0.2) is 10.1 Å². The highest BCUT2D eigenvalue weighted by atomic mass is 19.3. The molecule has 1 aromatic heterocycles. The molecule has 25 heavy (non-hydrogen) atoms. The molecular formula is C15H15F3N4O3. The van der Waals surface area contributed by atoms with Gasteiger partial charge < -0.3 is 9.47 Å². The van der Waals surface area contributed by atoms with E-state index in [0.29, 0.717) is 5.69 Å². The number of benzene rings is 1. The van der Waals surface area contributed by atoms with Crippen LogP contribution in [-0.2, 0) is 7.05 Å². The van der Waals surface area contributed by atoms with Crippen molar-refractivity contribution >= 4 is 12.1 Å². The Balaban J connectivity index is 2.11. The smallest absolute Gasteiger partial charge is 0.387 e. The molecule has 0 saturated carbocycles. The second-order valence-electron chi connectivity index (χ2n) is 4.86. The average Bonchev–Trinajstić information content (AvgIpc) is 2.80. The minimum Gasteiger partial charge on any atom is -0.493 e. The van der Waals surface area contributed by atoms with Gasteiger partial charge in [0.15, 0.2) is 11.5 Å². The van der Waals surface area contributed by atoms with Crippen LogP contribution in [0.3, 0.4) is 0 Å². The minimum absolute atomic E-state index is 0.0360. The molecule has 0 bridgehead atoms. The molecule has 0 spiro atoms. The third-order valence-electron chi connectivity index (χ3n) is 3.20. The number of nitrogens with zero attached hydrogens (tertiary/aromatic N) is 3. The molecule has 2 aromatic rings. The molecule has 1 aromatic carbocycles. The van der Waals surface area contributed by atoms with Gasteiger partial charge in [0.2, 0.25) is 5.95 Å². The quantitative estimate of drug-likeness (QED) is 0.636. The van der Waals surface area contributed by atoms with Crippen LogP contribution in [0.25, 0.3) is 0 Å². The summed E-state index contributed by atoms with van der Waals surface area (Å²) in [6.45, 7) is -1.42. The van der Waals surface area contributed by atoms with Gasteiger partial charge in [-0.05, 0) is 25.1 Å². The average molecular weight is 356 g/mol. The zero-order chi connectivity index (χ0) is 18.6. The molecular weight excluding hydrogens is 341 g/mol. The number of hydrazone groups is 1. The summed E-state index contributed by atoms with van der Waals surface area (Å²) in [5, 5.41) is 7.54. The molecule has 2 rings (SSSR count). The molecule has 0 unspecified atom stereocenters. The van der Waals surface area contributed by atoms with Crippen molar-refractivity contribution in [2.75, 3.05) is 7.11 Å². The molecule has 0 aliphatic carbocycles. The second kappa shape index (κ2) is 7.69. The van der Waals surface area contributed by atoms with Gasteiger partial charge in [-0.15, -0.1) is 0 Å². The Bertz CT molecular complexity index is 806. The van der Waals surface area contributed by atoms with Gasteiger partial charge in [0.1, 0.15) is 0 Å². The molecule has 0 atom stereocenters. The second-order valence-corrected chi connectivity index (χ2v) is 4.86. The molecule has 0 aliphatic rings. The van der Waals surface area contributed by atoms with Crippen molar-refractivity contribution in [3.63, 3.8) is 0 Å². The molecule has 1 amide bonds. The first-order chi connectivity index (χ1) is 11.8. The summed E-state index contributed by atoms with van der Waals surface area (Å²) < 4.78 is 48.5. The lowest BCUT2D eigenvalue weighted by Gasteiger charge is -2.10. The topological polar surface area (TPSA) is 77.7 Å². The predicted octanol–water partition coefficient (Wildman–Crippen LogP) is 2.24. The van der Waals surface area contributed by atoms with Gasteiger partial charge in [0.05, 0.1) is 24.6 Å². The van der Waals surface area contributed by atoms with Crippen LogP contribution in [0, 0.1) is 12.9 Å². The van der Waals surface area contributed by atoms with Crippen LogP contribution < -0.4 is 14.9 Å². The fraction of sp³-hybridized carbons (Fsp3) is 0.267. The third-order valence-corrected chi connectivity index (χ3v) is 3.20. The van der Waals surface area contributed by atoms with Gasteiger partial charge in [-0.2, -0.15) is 23.4 Å². The van der Waals surface area contributed by atoms with Crippen LogP contribution in [-0.4, -0.2) is 35.6 Å². The van der Waals surface area contributed by atoms with Gasteiger partial charge in [0.25, 0.3) is 5.91 Å². The number of ether oxygens (including phenoxy) is 2. The summed E-state index contributed by atoms with van der Waals surface area (Å²) in [6.07, 6.45) is 1.13. The fourth-order valence-electron chi connectivity index (χ4n) is 2.02. The van der Waals surface area contributed by atoms with E-state index >= 15 is 0 Å². The normalized spacial score (nSPS) is 11.2. The lowest BCUT2D eigenvalue weighted by Crippen LogP contribution is -2.18. The Morgan fingerprint density at radius 1 is 1.40 bits per heavy atom. The number of hydrogen-bond donors (Lipinski definition) is 1. The van der Waals surface area contributed by atoms with E-state index in [1.54, 1.807) is 6.92 Å². The van der Waals surface area contributed by atoms with Crippen molar-refractivity contribution in [3.8, 4) is 11.5 Å². The SMILES string of the molecule is COc1cc(C(=O)NN=Cc2c(C)nn(C)c2F)ccc1OC(F)F. The number of aromatic nitrogens is 2. The lowest BCUT2D eigenvalue weighted by molar-refractivity contribution is -0.0512. The Kier molecular flexibility index (Phi) is 5.63. The largest absolute Gasteiger partial charge is 0.493 e. The summed E-state index contributed by atoms with van der Waals surface area (Å²) in [7, 11) is 2.69. The summed E-state index contributed by atoms with van der Waals surface area (Å²) in [4.78, 5) is 12.0. The molecule has 0 saturated heterocycles. The van der Waals surface area contributed by atoms with E-state index in [0.717, 1.165) is 10.9 Å². The Morgan fingerprint density at radius 2 is 2.12 bits per heavy atom. The molecule has 10 heteroatoms. The predicted molar refractivity (Wildman–Crippen MR) is 82.6 cm³/mol. The van der Waals surface area contributed by atoms with E-state index in [4.69, 9.17) is 4.74 Å². The third kappa shape index (κ3) is 4.28. The minimum atomic E-state index is -3.02. The van der Waals surface area contributed by atoms with Crippen molar-refractivity contribution in [1.29, 1.82) is 0 Å². The number of hydrogen-bond acceptors (Lipinski definition) is 5. The number of carbonyl (C=O) groups is 1. The number of carbonyl (C=O) groups excluding carboxylic acids is 1. The highest BCUT2D eigenvalue weighted by Crippen LogP contribution is 2.29. The van der Waals surface area contributed by atoms with Crippen LogP contribution >= 0.6 is 0 Å². The number of methoxy groups -OCH3 is 1. The van der Waals surface area contributed by atoms with Crippen molar-refractivity contribution in [2.45, 2.75) is 13.5 Å². The highest BCUT2D eigenvalue weighted by Gasteiger charge is 2.14. The van der Waals surface area contributed by atoms with Crippen molar-refractivity contribution < 1.29 is 27.4 Å². The first-order valence-corrected chi connectivity index (χ1v) is 6.98. The molecule has 1 heterocycles. The summed E-state index contributed by atoms with van der Waals surface area (Å²) in [6, 6.07) is 3.66. The number of alkyl halides is 2. The van der Waals surface area contributed by atoms with E-state index in [-0.39, 0.29) is 22.6 Å². The Hall–Kier alpha value is -3.04. The summed E-state index contributed by atoms with van der Waals surface area (Å²) >= 11 is 0. The molecule has 0 aliphatic heterocycles. The molecule has 134 valence electrons. The first kappa shape index (κ1) is 18.3. The maximum Gasteiger partial charge on any atom is 0.387 e. The monoisotopic (exact) mass is 356 g/mol. The number of halogens is 3. The molecule has 0 radical (unpaired) electrons. The molecule has 7 nitrogen and oxygen atoms in total. The van der Waals surface area contributed by atoms with E-state index < -0.39 is 18.5 Å². The maximum absolute atomic E-state index is 13.7. The summed E-state index contributed by atoms with van der Waals surface area (Å²) in [5.41, 5.74) is 2.85. The number of aryl methyl sites for hydroxylation is 2. The van der Waals surface area contributed by atoms with Crippen molar-refractivity contribution in [1.82, 2.24) is 15.2 Å². The van der Waals surface area contributed by atoms with Crippen LogP contribution in [0.5, 0.6) is 11.5 Å². The van der Waals surface area contributed by atoms with Gasteiger partial charge >= 0.3 is 6.61 Å². The van der Waals surface area contributed by atoms with E-state index in [2.05, 4.69) is 20.4 Å². The Labute approximate surface area is 141 Å². The van der Waals surface area contributed by atoms with E-state index in [1.807, 2.05) is 0 Å². The van der Waals surface area contributed by atoms with E-state index in [1.165, 1.54) is 32.4 Å². The maximum atomic E-state index is 13.7. The number of rotatable bonds is 6. The zero-order valence-corrected chi connectivity index (χ0v) is 13.6. The Morgan fingerprint density at radius 3 is 2.68 bits per heavy atom. The first-order valence-electron chi connectivity index (χ1n) is 6.98. The zero-order valence-electron chi connectivity index (χ0n) is 13.6.